The van der Waals surface area contributed by atoms with Crippen LogP contribution in [0.15, 0.2) is 0 Å². The van der Waals surface area contributed by atoms with E-state index in [0.29, 0.717) is 5.92 Å². The van der Waals surface area contributed by atoms with Crippen molar-refractivity contribution in [2.45, 2.75) is 70.1 Å². The molecule has 0 saturated carbocycles. The van der Waals surface area contributed by atoms with Crippen LogP contribution in [0, 0.1) is 5.92 Å². The van der Waals surface area contributed by atoms with Gasteiger partial charge in [0.2, 0.25) is 0 Å². The van der Waals surface area contributed by atoms with Crippen molar-refractivity contribution >= 4 is 0 Å². The van der Waals surface area contributed by atoms with Crippen molar-refractivity contribution in [2.75, 3.05) is 26.4 Å². The Hall–Kier alpha value is -0.160. The van der Waals surface area contributed by atoms with Crippen LogP contribution in [-0.2, 0) is 14.2 Å². The maximum absolute atomic E-state index is 6.54. The van der Waals surface area contributed by atoms with Gasteiger partial charge in [0, 0.05) is 32.5 Å². The summed E-state index contributed by atoms with van der Waals surface area (Å²) in [6, 6.07) is 0.138. The van der Waals surface area contributed by atoms with Gasteiger partial charge in [-0.3, -0.25) is 0 Å². The fourth-order valence-corrected chi connectivity index (χ4v) is 3.68. The molecule has 0 aromatic rings. The van der Waals surface area contributed by atoms with Crippen molar-refractivity contribution in [1.29, 1.82) is 0 Å². The predicted octanol–water partition coefficient (Wildman–Crippen LogP) is 2.49. The highest BCUT2D eigenvalue weighted by molar-refractivity contribution is 4.93. The van der Waals surface area contributed by atoms with Gasteiger partial charge in [-0.25, -0.2) is 0 Å². The molecule has 2 rings (SSSR count). The van der Waals surface area contributed by atoms with E-state index in [1.807, 2.05) is 0 Å². The summed E-state index contributed by atoms with van der Waals surface area (Å²) in [6.07, 6.45) is 6.56. The minimum atomic E-state index is 0.0295. The first-order chi connectivity index (χ1) is 9.71. The number of rotatable bonds is 6. The van der Waals surface area contributed by atoms with Gasteiger partial charge in [0.25, 0.3) is 0 Å². The predicted molar refractivity (Wildman–Crippen MR) is 79.8 cm³/mol. The summed E-state index contributed by atoms with van der Waals surface area (Å²) in [6.45, 7) is 7.49. The Labute approximate surface area is 123 Å². The quantitative estimate of drug-likeness (QED) is 0.814. The summed E-state index contributed by atoms with van der Waals surface area (Å²) >= 11 is 0. The zero-order chi connectivity index (χ0) is 14.4. The van der Waals surface area contributed by atoms with E-state index in [0.717, 1.165) is 65.0 Å². The van der Waals surface area contributed by atoms with Crippen molar-refractivity contribution in [2.24, 2.45) is 11.7 Å². The third kappa shape index (κ3) is 3.94. The molecule has 1 spiro atoms. The lowest BCUT2D eigenvalue weighted by atomic mass is 9.76. The second kappa shape index (κ2) is 7.74. The SMILES string of the molecule is CCCC(OCC)C(N)C1CCOC2(CCOCC2)C1. The lowest BCUT2D eigenvalue weighted by Crippen LogP contribution is -2.51. The molecule has 2 saturated heterocycles. The highest BCUT2D eigenvalue weighted by Gasteiger charge is 2.41. The van der Waals surface area contributed by atoms with Gasteiger partial charge in [-0.2, -0.15) is 0 Å². The van der Waals surface area contributed by atoms with Crippen molar-refractivity contribution in [3.63, 3.8) is 0 Å². The number of nitrogens with two attached hydrogens (primary N) is 1. The lowest BCUT2D eigenvalue weighted by molar-refractivity contribution is -0.153. The summed E-state index contributed by atoms with van der Waals surface area (Å²) < 4.78 is 17.5. The standard InChI is InChI=1S/C16H31NO3/c1-3-5-14(19-4-2)15(17)13-6-9-20-16(12-13)7-10-18-11-8-16/h13-15H,3-12,17H2,1-2H3. The van der Waals surface area contributed by atoms with Crippen LogP contribution in [0.3, 0.4) is 0 Å². The summed E-state index contributed by atoms with van der Waals surface area (Å²) in [5.74, 6) is 0.518. The molecule has 0 bridgehead atoms. The molecule has 0 radical (unpaired) electrons. The molecule has 0 amide bonds. The second-order valence-corrected chi connectivity index (χ2v) is 6.26. The fourth-order valence-electron chi connectivity index (χ4n) is 3.68. The molecule has 2 aliphatic rings. The van der Waals surface area contributed by atoms with Crippen LogP contribution in [0.1, 0.15) is 52.4 Å². The average Bonchev–Trinajstić information content (AvgIpc) is 2.47. The smallest absolute Gasteiger partial charge is 0.0729 e. The Bertz CT molecular complexity index is 267. The van der Waals surface area contributed by atoms with Gasteiger partial charge >= 0.3 is 0 Å². The number of hydrogen-bond acceptors (Lipinski definition) is 4. The Morgan fingerprint density at radius 1 is 1.25 bits per heavy atom. The first-order valence-corrected chi connectivity index (χ1v) is 8.29. The van der Waals surface area contributed by atoms with E-state index in [1.54, 1.807) is 0 Å². The molecule has 3 atom stereocenters. The molecule has 2 aliphatic heterocycles. The summed E-state index contributed by atoms with van der Waals surface area (Å²) in [5, 5.41) is 0. The summed E-state index contributed by atoms with van der Waals surface area (Å²) in [7, 11) is 0. The Morgan fingerprint density at radius 3 is 2.65 bits per heavy atom. The minimum absolute atomic E-state index is 0.0295. The van der Waals surface area contributed by atoms with Crippen molar-refractivity contribution in [1.82, 2.24) is 0 Å². The van der Waals surface area contributed by atoms with Gasteiger partial charge in [0.15, 0.2) is 0 Å². The molecule has 0 aromatic carbocycles. The molecule has 118 valence electrons. The maximum atomic E-state index is 6.54. The van der Waals surface area contributed by atoms with Crippen LogP contribution in [-0.4, -0.2) is 44.2 Å². The van der Waals surface area contributed by atoms with E-state index < -0.39 is 0 Å². The van der Waals surface area contributed by atoms with Gasteiger partial charge in [-0.1, -0.05) is 13.3 Å². The molecule has 2 N–H and O–H groups in total. The third-order valence-electron chi connectivity index (χ3n) is 4.86. The van der Waals surface area contributed by atoms with Gasteiger partial charge in [-0.15, -0.1) is 0 Å². The Morgan fingerprint density at radius 2 is 2.00 bits per heavy atom. The highest BCUT2D eigenvalue weighted by atomic mass is 16.5. The molecule has 2 heterocycles. The lowest BCUT2D eigenvalue weighted by Gasteiger charge is -2.45. The van der Waals surface area contributed by atoms with Crippen LogP contribution < -0.4 is 5.73 Å². The highest BCUT2D eigenvalue weighted by Crippen LogP contribution is 2.38. The van der Waals surface area contributed by atoms with Gasteiger partial charge < -0.3 is 19.9 Å². The van der Waals surface area contributed by atoms with Crippen molar-refractivity contribution < 1.29 is 14.2 Å². The van der Waals surface area contributed by atoms with E-state index in [4.69, 9.17) is 19.9 Å². The molecular formula is C16H31NO3. The third-order valence-corrected chi connectivity index (χ3v) is 4.86. The second-order valence-electron chi connectivity index (χ2n) is 6.26. The topological polar surface area (TPSA) is 53.7 Å². The molecule has 0 aliphatic carbocycles. The molecule has 3 unspecified atom stereocenters. The summed E-state index contributed by atoms with van der Waals surface area (Å²) in [5.41, 5.74) is 6.57. The van der Waals surface area contributed by atoms with E-state index in [2.05, 4.69) is 13.8 Å². The number of hydrogen-bond donors (Lipinski definition) is 1. The monoisotopic (exact) mass is 285 g/mol. The minimum Gasteiger partial charge on any atom is -0.381 e. The van der Waals surface area contributed by atoms with Crippen LogP contribution in [0.5, 0.6) is 0 Å². The molecular weight excluding hydrogens is 254 g/mol. The zero-order valence-electron chi connectivity index (χ0n) is 13.1. The molecule has 20 heavy (non-hydrogen) atoms. The van der Waals surface area contributed by atoms with E-state index in [9.17, 15) is 0 Å². The van der Waals surface area contributed by atoms with E-state index >= 15 is 0 Å². The van der Waals surface area contributed by atoms with Gasteiger partial charge in [-0.05, 0) is 44.9 Å². The first kappa shape index (κ1) is 16.2. The van der Waals surface area contributed by atoms with Crippen LogP contribution in [0.25, 0.3) is 0 Å². The fraction of sp³-hybridized carbons (Fsp3) is 1.00. The molecule has 4 heteroatoms. The molecule has 4 nitrogen and oxygen atoms in total. The maximum Gasteiger partial charge on any atom is 0.0729 e. The number of ether oxygens (including phenoxy) is 3. The molecule has 0 aromatic heterocycles. The largest absolute Gasteiger partial charge is 0.381 e. The van der Waals surface area contributed by atoms with E-state index in [1.165, 1.54) is 0 Å². The average molecular weight is 285 g/mol. The normalized spacial score (nSPS) is 29.2. The van der Waals surface area contributed by atoms with Crippen molar-refractivity contribution in [3.8, 4) is 0 Å². The zero-order valence-corrected chi connectivity index (χ0v) is 13.1. The van der Waals surface area contributed by atoms with Crippen LogP contribution in [0.4, 0.5) is 0 Å². The Kier molecular flexibility index (Phi) is 6.27. The summed E-state index contributed by atoms with van der Waals surface area (Å²) in [4.78, 5) is 0. The Balaban J connectivity index is 1.95. The van der Waals surface area contributed by atoms with Crippen molar-refractivity contribution in [3.05, 3.63) is 0 Å². The first-order valence-electron chi connectivity index (χ1n) is 8.29. The van der Waals surface area contributed by atoms with Crippen LogP contribution in [0.2, 0.25) is 0 Å². The van der Waals surface area contributed by atoms with Gasteiger partial charge in [0.1, 0.15) is 0 Å². The van der Waals surface area contributed by atoms with Crippen LogP contribution >= 0.6 is 0 Å². The van der Waals surface area contributed by atoms with E-state index in [-0.39, 0.29) is 17.7 Å². The molecule has 2 fully saturated rings. The van der Waals surface area contributed by atoms with Gasteiger partial charge in [0.05, 0.1) is 11.7 Å².